The van der Waals surface area contributed by atoms with Gasteiger partial charge in [0.25, 0.3) is 5.91 Å². The van der Waals surface area contributed by atoms with Crippen molar-refractivity contribution in [2.75, 3.05) is 26.7 Å². The van der Waals surface area contributed by atoms with Gasteiger partial charge in [-0.15, -0.1) is 0 Å². The summed E-state index contributed by atoms with van der Waals surface area (Å²) in [5.41, 5.74) is 1.49. The number of methoxy groups -OCH3 is 1. The number of benzene rings is 1. The Hall–Kier alpha value is -2.31. The standard InChI is InChI=1S/C22H28ClN3O3/c1-15(2)29-22-18(23)12-16(13-25-22)21(27)24-14-19(26-10-6-7-11-26)17-8-4-5-9-20(17)28-3/h4-5,8-9,12-13,15,19H,6-7,10-11,14H2,1-3H3,(H,24,27). The molecule has 1 atom stereocenters. The number of amides is 1. The fraction of sp³-hybridized carbons (Fsp3) is 0.455. The maximum Gasteiger partial charge on any atom is 0.252 e. The number of likely N-dealkylation sites (tertiary alicyclic amines) is 1. The number of pyridine rings is 1. The second-order valence-electron chi connectivity index (χ2n) is 7.39. The number of para-hydroxylation sites is 1. The lowest BCUT2D eigenvalue weighted by molar-refractivity contribution is 0.0937. The second kappa shape index (κ2) is 9.94. The molecule has 7 heteroatoms. The molecule has 156 valence electrons. The molecule has 1 aromatic heterocycles. The number of carbonyl (C=O) groups is 1. The Labute approximate surface area is 177 Å². The van der Waals surface area contributed by atoms with E-state index in [-0.39, 0.29) is 18.1 Å². The van der Waals surface area contributed by atoms with E-state index in [1.807, 2.05) is 32.0 Å². The molecule has 0 saturated carbocycles. The highest BCUT2D eigenvalue weighted by molar-refractivity contribution is 6.32. The molecular formula is C22H28ClN3O3. The number of ether oxygens (including phenoxy) is 2. The van der Waals surface area contributed by atoms with Gasteiger partial charge in [0.1, 0.15) is 10.8 Å². The first-order chi connectivity index (χ1) is 14.0. The van der Waals surface area contributed by atoms with Gasteiger partial charge in [0.05, 0.1) is 24.8 Å². The predicted octanol–water partition coefficient (Wildman–Crippen LogP) is 4.10. The maximum absolute atomic E-state index is 12.7. The fourth-order valence-corrected chi connectivity index (χ4v) is 3.79. The average molecular weight is 418 g/mol. The Balaban J connectivity index is 1.74. The van der Waals surface area contributed by atoms with Crippen LogP contribution in [0.3, 0.4) is 0 Å². The van der Waals surface area contributed by atoms with Crippen molar-refractivity contribution >= 4 is 17.5 Å². The predicted molar refractivity (Wildman–Crippen MR) is 114 cm³/mol. The van der Waals surface area contributed by atoms with Crippen molar-refractivity contribution in [2.24, 2.45) is 0 Å². The largest absolute Gasteiger partial charge is 0.496 e. The summed E-state index contributed by atoms with van der Waals surface area (Å²) in [7, 11) is 1.67. The molecule has 0 radical (unpaired) electrons. The molecule has 1 unspecified atom stereocenters. The lowest BCUT2D eigenvalue weighted by Gasteiger charge is -2.29. The van der Waals surface area contributed by atoms with Gasteiger partial charge in [0, 0.05) is 18.3 Å². The van der Waals surface area contributed by atoms with E-state index in [2.05, 4.69) is 21.3 Å². The summed E-state index contributed by atoms with van der Waals surface area (Å²) < 4.78 is 11.1. The van der Waals surface area contributed by atoms with Gasteiger partial charge < -0.3 is 14.8 Å². The van der Waals surface area contributed by atoms with Crippen molar-refractivity contribution in [3.63, 3.8) is 0 Å². The van der Waals surface area contributed by atoms with Gasteiger partial charge in [-0.05, 0) is 51.9 Å². The van der Waals surface area contributed by atoms with Crippen molar-refractivity contribution < 1.29 is 14.3 Å². The van der Waals surface area contributed by atoms with E-state index >= 15 is 0 Å². The highest BCUT2D eigenvalue weighted by atomic mass is 35.5. The van der Waals surface area contributed by atoms with E-state index in [0.717, 1.165) is 37.2 Å². The van der Waals surface area contributed by atoms with Crippen molar-refractivity contribution in [3.8, 4) is 11.6 Å². The molecule has 3 rings (SSSR count). The van der Waals surface area contributed by atoms with Crippen LogP contribution in [-0.2, 0) is 0 Å². The Kier molecular flexibility index (Phi) is 7.34. The van der Waals surface area contributed by atoms with E-state index in [1.165, 1.54) is 6.20 Å². The summed E-state index contributed by atoms with van der Waals surface area (Å²) in [4.78, 5) is 19.3. The molecule has 0 bridgehead atoms. The van der Waals surface area contributed by atoms with Crippen LogP contribution in [-0.4, -0.2) is 48.6 Å². The molecule has 2 aromatic rings. The number of nitrogens with zero attached hydrogens (tertiary/aromatic N) is 2. The van der Waals surface area contributed by atoms with Gasteiger partial charge in [-0.2, -0.15) is 0 Å². The van der Waals surface area contributed by atoms with Crippen LogP contribution in [0.2, 0.25) is 5.02 Å². The van der Waals surface area contributed by atoms with Gasteiger partial charge in [0.2, 0.25) is 5.88 Å². The average Bonchev–Trinajstić information content (AvgIpc) is 3.24. The van der Waals surface area contributed by atoms with E-state index in [1.54, 1.807) is 13.2 Å². The lowest BCUT2D eigenvalue weighted by Crippen LogP contribution is -2.37. The molecule has 1 fully saturated rings. The lowest BCUT2D eigenvalue weighted by atomic mass is 10.0. The molecule has 29 heavy (non-hydrogen) atoms. The number of halogens is 1. The zero-order chi connectivity index (χ0) is 20.8. The van der Waals surface area contributed by atoms with E-state index in [9.17, 15) is 4.79 Å². The van der Waals surface area contributed by atoms with E-state index in [0.29, 0.717) is 23.0 Å². The van der Waals surface area contributed by atoms with Crippen LogP contribution in [0.4, 0.5) is 0 Å². The van der Waals surface area contributed by atoms with Gasteiger partial charge in [-0.3, -0.25) is 9.69 Å². The van der Waals surface area contributed by atoms with Crippen molar-refractivity contribution in [1.82, 2.24) is 15.2 Å². The molecule has 2 heterocycles. The smallest absolute Gasteiger partial charge is 0.252 e. The molecule has 1 aliphatic heterocycles. The van der Waals surface area contributed by atoms with Crippen molar-refractivity contribution in [2.45, 2.75) is 38.8 Å². The van der Waals surface area contributed by atoms with Crippen molar-refractivity contribution in [1.29, 1.82) is 0 Å². The van der Waals surface area contributed by atoms with Crippen LogP contribution in [0.15, 0.2) is 36.5 Å². The van der Waals surface area contributed by atoms with Gasteiger partial charge in [-0.25, -0.2) is 4.98 Å². The molecular weight excluding hydrogens is 390 g/mol. The first kappa shape index (κ1) is 21.4. The summed E-state index contributed by atoms with van der Waals surface area (Å²) in [6.45, 7) is 6.28. The monoisotopic (exact) mass is 417 g/mol. The first-order valence-electron chi connectivity index (χ1n) is 9.97. The summed E-state index contributed by atoms with van der Waals surface area (Å²) in [6.07, 6.45) is 3.78. The quantitative estimate of drug-likeness (QED) is 0.700. The van der Waals surface area contributed by atoms with Crippen LogP contribution >= 0.6 is 11.6 Å². The summed E-state index contributed by atoms with van der Waals surface area (Å²) in [5.74, 6) is 0.954. The second-order valence-corrected chi connectivity index (χ2v) is 7.80. The van der Waals surface area contributed by atoms with Crippen LogP contribution in [0.1, 0.15) is 48.7 Å². The summed E-state index contributed by atoms with van der Waals surface area (Å²) >= 11 is 6.23. The third-order valence-electron chi connectivity index (χ3n) is 4.95. The first-order valence-corrected chi connectivity index (χ1v) is 10.3. The minimum absolute atomic E-state index is 0.0400. The molecule has 1 saturated heterocycles. The molecule has 0 aliphatic carbocycles. The minimum atomic E-state index is -0.213. The normalized spacial score (nSPS) is 15.3. The highest BCUT2D eigenvalue weighted by Gasteiger charge is 2.26. The Morgan fingerprint density at radius 3 is 2.66 bits per heavy atom. The van der Waals surface area contributed by atoms with Crippen LogP contribution in [0.5, 0.6) is 11.6 Å². The number of nitrogens with one attached hydrogen (secondary N) is 1. The molecule has 1 aliphatic rings. The van der Waals surface area contributed by atoms with E-state index in [4.69, 9.17) is 21.1 Å². The summed E-state index contributed by atoms with van der Waals surface area (Å²) in [5, 5.41) is 3.36. The van der Waals surface area contributed by atoms with Gasteiger partial charge in [0.15, 0.2) is 0 Å². The van der Waals surface area contributed by atoms with Crippen LogP contribution in [0, 0.1) is 0 Å². The molecule has 0 spiro atoms. The van der Waals surface area contributed by atoms with Crippen molar-refractivity contribution in [3.05, 3.63) is 52.7 Å². The number of rotatable bonds is 8. The third kappa shape index (κ3) is 5.40. The summed E-state index contributed by atoms with van der Waals surface area (Å²) in [6, 6.07) is 9.61. The molecule has 6 nitrogen and oxygen atoms in total. The number of hydrogen-bond donors (Lipinski definition) is 1. The Bertz CT molecular complexity index is 838. The highest BCUT2D eigenvalue weighted by Crippen LogP contribution is 2.31. The number of hydrogen-bond acceptors (Lipinski definition) is 5. The molecule has 1 amide bonds. The maximum atomic E-state index is 12.7. The van der Waals surface area contributed by atoms with Crippen LogP contribution < -0.4 is 14.8 Å². The number of aromatic nitrogens is 1. The van der Waals surface area contributed by atoms with Gasteiger partial charge >= 0.3 is 0 Å². The molecule has 1 N–H and O–H groups in total. The zero-order valence-corrected chi connectivity index (χ0v) is 17.9. The Morgan fingerprint density at radius 2 is 2.00 bits per heavy atom. The topological polar surface area (TPSA) is 63.7 Å². The minimum Gasteiger partial charge on any atom is -0.496 e. The Morgan fingerprint density at radius 1 is 1.28 bits per heavy atom. The third-order valence-corrected chi connectivity index (χ3v) is 5.22. The molecule has 1 aromatic carbocycles. The fourth-order valence-electron chi connectivity index (χ4n) is 3.58. The zero-order valence-electron chi connectivity index (χ0n) is 17.2. The van der Waals surface area contributed by atoms with Gasteiger partial charge in [-0.1, -0.05) is 29.8 Å². The SMILES string of the molecule is COc1ccccc1C(CNC(=O)c1cnc(OC(C)C)c(Cl)c1)N1CCCC1. The van der Waals surface area contributed by atoms with Crippen LogP contribution in [0.25, 0.3) is 0 Å². The van der Waals surface area contributed by atoms with E-state index < -0.39 is 0 Å². The number of carbonyl (C=O) groups excluding carboxylic acids is 1.